The fraction of sp³-hybridized carbons (Fsp3) is 0.321. The molecule has 1 amide bonds. The third-order valence-electron chi connectivity index (χ3n) is 6.19. The van der Waals surface area contributed by atoms with E-state index in [9.17, 15) is 4.79 Å². The zero-order chi connectivity index (χ0) is 23.9. The van der Waals surface area contributed by atoms with E-state index >= 15 is 0 Å². The summed E-state index contributed by atoms with van der Waals surface area (Å²) in [6.45, 7) is 6.30. The molecule has 1 saturated heterocycles. The number of amides is 1. The summed E-state index contributed by atoms with van der Waals surface area (Å²) in [6, 6.07) is 23.6. The van der Waals surface area contributed by atoms with Crippen LogP contribution in [-0.4, -0.2) is 55.5 Å². The molecule has 3 aromatic carbocycles. The van der Waals surface area contributed by atoms with E-state index in [4.69, 9.17) is 21.1 Å². The number of nitrogens with zero attached hydrogens (tertiary/aromatic N) is 2. The molecule has 0 saturated carbocycles. The van der Waals surface area contributed by atoms with E-state index in [1.807, 2.05) is 35.2 Å². The molecule has 1 heterocycles. The Labute approximate surface area is 206 Å². The van der Waals surface area contributed by atoms with Crippen molar-refractivity contribution in [2.24, 2.45) is 0 Å². The Bertz CT molecular complexity index is 1090. The summed E-state index contributed by atoms with van der Waals surface area (Å²) in [4.78, 5) is 17.1. The molecule has 178 valence electrons. The lowest BCUT2D eigenvalue weighted by Crippen LogP contribution is -2.49. The van der Waals surface area contributed by atoms with E-state index < -0.39 is 0 Å². The Kier molecular flexibility index (Phi) is 8.22. The van der Waals surface area contributed by atoms with Gasteiger partial charge >= 0.3 is 0 Å². The van der Waals surface area contributed by atoms with Crippen LogP contribution in [0.25, 0.3) is 0 Å². The van der Waals surface area contributed by atoms with Crippen LogP contribution in [0.15, 0.2) is 72.8 Å². The van der Waals surface area contributed by atoms with Crippen LogP contribution < -0.4 is 4.74 Å². The molecular weight excluding hydrogens is 448 g/mol. The molecule has 0 aliphatic carbocycles. The molecule has 6 heteroatoms. The minimum Gasteiger partial charge on any atom is -0.497 e. The summed E-state index contributed by atoms with van der Waals surface area (Å²) in [5.41, 5.74) is 4.11. The fourth-order valence-electron chi connectivity index (χ4n) is 4.15. The highest BCUT2D eigenvalue weighted by molar-refractivity contribution is 6.30. The van der Waals surface area contributed by atoms with Gasteiger partial charge in [0, 0.05) is 43.3 Å². The SMILES string of the molecule is COc1cccc([C@@H](CN2CCN(C(=O)c3cccc(Cl)c3)CC2)OCc2ccc(C)cc2)c1. The van der Waals surface area contributed by atoms with Crippen LogP contribution in [0.1, 0.15) is 33.2 Å². The van der Waals surface area contributed by atoms with Gasteiger partial charge in [0.2, 0.25) is 0 Å². The Hall–Kier alpha value is -2.86. The number of ether oxygens (including phenoxy) is 2. The lowest BCUT2D eigenvalue weighted by molar-refractivity contribution is 0.00333. The van der Waals surface area contributed by atoms with E-state index in [1.165, 1.54) is 5.56 Å². The molecular formula is C28H31ClN2O3. The molecule has 4 rings (SSSR count). The van der Waals surface area contributed by atoms with Gasteiger partial charge in [-0.3, -0.25) is 9.69 Å². The highest BCUT2D eigenvalue weighted by atomic mass is 35.5. The third kappa shape index (κ3) is 6.38. The molecule has 0 unspecified atom stereocenters. The Morgan fingerprint density at radius 2 is 1.71 bits per heavy atom. The van der Waals surface area contributed by atoms with Crippen molar-refractivity contribution in [1.29, 1.82) is 0 Å². The number of piperazine rings is 1. The van der Waals surface area contributed by atoms with Crippen molar-refractivity contribution >= 4 is 17.5 Å². The number of hydrogen-bond acceptors (Lipinski definition) is 4. The quantitative estimate of drug-likeness (QED) is 0.436. The van der Waals surface area contributed by atoms with Crippen molar-refractivity contribution in [2.45, 2.75) is 19.6 Å². The largest absolute Gasteiger partial charge is 0.497 e. The first-order chi connectivity index (χ1) is 16.5. The van der Waals surface area contributed by atoms with Gasteiger partial charge in [-0.15, -0.1) is 0 Å². The number of benzene rings is 3. The first-order valence-electron chi connectivity index (χ1n) is 11.6. The van der Waals surface area contributed by atoms with Gasteiger partial charge in [0.1, 0.15) is 5.75 Å². The van der Waals surface area contributed by atoms with Crippen molar-refractivity contribution in [2.75, 3.05) is 39.8 Å². The smallest absolute Gasteiger partial charge is 0.253 e. The van der Waals surface area contributed by atoms with Gasteiger partial charge in [-0.05, 0) is 48.4 Å². The number of methoxy groups -OCH3 is 1. The molecule has 3 aromatic rings. The molecule has 1 fully saturated rings. The molecule has 0 bridgehead atoms. The summed E-state index contributed by atoms with van der Waals surface area (Å²) < 4.78 is 11.9. The number of carbonyl (C=O) groups excluding carboxylic acids is 1. The summed E-state index contributed by atoms with van der Waals surface area (Å²) in [5, 5.41) is 0.580. The minimum atomic E-state index is -0.105. The van der Waals surface area contributed by atoms with E-state index in [-0.39, 0.29) is 12.0 Å². The molecule has 5 nitrogen and oxygen atoms in total. The fourth-order valence-corrected chi connectivity index (χ4v) is 4.34. The van der Waals surface area contributed by atoms with Crippen LogP contribution in [0.3, 0.4) is 0 Å². The van der Waals surface area contributed by atoms with Crippen molar-refractivity contribution in [1.82, 2.24) is 9.80 Å². The maximum atomic E-state index is 12.9. The first kappa shape index (κ1) is 24.3. The average molecular weight is 479 g/mol. The molecule has 0 aromatic heterocycles. The zero-order valence-corrected chi connectivity index (χ0v) is 20.5. The van der Waals surface area contributed by atoms with Gasteiger partial charge in [0.25, 0.3) is 5.91 Å². The Morgan fingerprint density at radius 3 is 2.41 bits per heavy atom. The van der Waals surface area contributed by atoms with Gasteiger partial charge in [-0.2, -0.15) is 0 Å². The second kappa shape index (κ2) is 11.5. The van der Waals surface area contributed by atoms with E-state index in [0.29, 0.717) is 30.3 Å². The predicted octanol–water partition coefficient (Wildman–Crippen LogP) is 5.37. The summed E-state index contributed by atoms with van der Waals surface area (Å²) >= 11 is 6.07. The Morgan fingerprint density at radius 1 is 0.971 bits per heavy atom. The normalized spacial score (nSPS) is 15.2. The number of hydrogen-bond donors (Lipinski definition) is 0. The number of carbonyl (C=O) groups is 1. The van der Waals surface area contributed by atoms with Crippen molar-refractivity contribution in [3.05, 3.63) is 100 Å². The summed E-state index contributed by atoms with van der Waals surface area (Å²) in [5.74, 6) is 0.848. The standard InChI is InChI=1S/C28H31ClN2O3/c1-21-9-11-22(12-10-21)20-34-27(23-5-4-8-26(18-23)33-2)19-30-13-15-31(16-14-30)28(32)24-6-3-7-25(29)17-24/h3-12,17-18,27H,13-16,19-20H2,1-2H3/t27-/m1/s1. The molecule has 1 atom stereocenters. The minimum absolute atomic E-state index is 0.0297. The van der Waals surface area contributed by atoms with Gasteiger partial charge in [0.15, 0.2) is 0 Å². The summed E-state index contributed by atoms with van der Waals surface area (Å²) in [6.07, 6.45) is -0.105. The van der Waals surface area contributed by atoms with E-state index in [1.54, 1.807) is 19.2 Å². The van der Waals surface area contributed by atoms with Crippen LogP contribution in [0.2, 0.25) is 5.02 Å². The van der Waals surface area contributed by atoms with Gasteiger partial charge in [-0.1, -0.05) is 59.6 Å². The van der Waals surface area contributed by atoms with Gasteiger partial charge in [0.05, 0.1) is 19.8 Å². The topological polar surface area (TPSA) is 42.0 Å². The second-order valence-corrected chi connectivity index (χ2v) is 9.10. The summed E-state index contributed by atoms with van der Waals surface area (Å²) in [7, 11) is 1.68. The van der Waals surface area contributed by atoms with Crippen LogP contribution in [0, 0.1) is 6.92 Å². The monoisotopic (exact) mass is 478 g/mol. The van der Waals surface area contributed by atoms with Crippen molar-refractivity contribution < 1.29 is 14.3 Å². The number of aryl methyl sites for hydroxylation is 1. The molecule has 0 radical (unpaired) electrons. The number of halogens is 1. The zero-order valence-electron chi connectivity index (χ0n) is 19.7. The van der Waals surface area contributed by atoms with E-state index in [2.05, 4.69) is 42.2 Å². The van der Waals surface area contributed by atoms with Crippen LogP contribution in [-0.2, 0) is 11.3 Å². The third-order valence-corrected chi connectivity index (χ3v) is 6.43. The van der Waals surface area contributed by atoms with Gasteiger partial charge < -0.3 is 14.4 Å². The molecule has 0 N–H and O–H groups in total. The molecule has 0 spiro atoms. The van der Waals surface area contributed by atoms with E-state index in [0.717, 1.165) is 36.5 Å². The van der Waals surface area contributed by atoms with Crippen molar-refractivity contribution in [3.8, 4) is 5.75 Å². The molecule has 34 heavy (non-hydrogen) atoms. The Balaban J connectivity index is 1.40. The maximum Gasteiger partial charge on any atom is 0.253 e. The average Bonchev–Trinajstić information content (AvgIpc) is 2.87. The van der Waals surface area contributed by atoms with Crippen LogP contribution >= 0.6 is 11.6 Å². The highest BCUT2D eigenvalue weighted by Gasteiger charge is 2.25. The maximum absolute atomic E-state index is 12.9. The van der Waals surface area contributed by atoms with Crippen molar-refractivity contribution in [3.63, 3.8) is 0 Å². The highest BCUT2D eigenvalue weighted by Crippen LogP contribution is 2.25. The molecule has 1 aliphatic rings. The van der Waals surface area contributed by atoms with Crippen LogP contribution in [0.4, 0.5) is 0 Å². The molecule has 1 aliphatic heterocycles. The predicted molar refractivity (Wildman–Crippen MR) is 135 cm³/mol. The second-order valence-electron chi connectivity index (χ2n) is 8.67. The lowest BCUT2D eigenvalue weighted by Gasteiger charge is -2.36. The lowest BCUT2D eigenvalue weighted by atomic mass is 10.1. The number of rotatable bonds is 8. The van der Waals surface area contributed by atoms with Crippen LogP contribution in [0.5, 0.6) is 5.75 Å². The first-order valence-corrected chi connectivity index (χ1v) is 12.0. The van der Waals surface area contributed by atoms with Gasteiger partial charge in [-0.25, -0.2) is 0 Å².